The Morgan fingerprint density at radius 3 is 2.06 bits per heavy atom. The molecule has 0 aromatic heterocycles. The number of likely N-dealkylation sites (N-methyl/N-ethyl adjacent to an activating group) is 1. The van der Waals surface area contributed by atoms with Crippen molar-refractivity contribution in [1.82, 2.24) is 10.2 Å². The quantitative estimate of drug-likeness (QED) is 0.689. The molecule has 2 amide bonds. The Bertz CT molecular complexity index is 1030. The maximum atomic E-state index is 13.1. The SMILES string of the molecule is CCN(C(=O)C1(NC(=O)OCC2c3ccccc3-c3ccccc32)CC1)C(C)(C)C(=O)O. The number of nitrogens with one attached hydrogen (secondary N) is 1. The molecule has 0 saturated heterocycles. The molecule has 0 spiro atoms. The van der Waals surface area contributed by atoms with Gasteiger partial charge < -0.3 is 20.1 Å². The summed E-state index contributed by atoms with van der Waals surface area (Å²) in [4.78, 5) is 38.7. The zero-order chi connectivity index (χ0) is 23.1. The Morgan fingerprint density at radius 1 is 1.06 bits per heavy atom. The summed E-state index contributed by atoms with van der Waals surface area (Å²) in [5.41, 5.74) is 2.04. The number of carboxylic acids is 1. The van der Waals surface area contributed by atoms with Crippen molar-refractivity contribution in [2.24, 2.45) is 0 Å². The minimum atomic E-state index is -1.37. The van der Waals surface area contributed by atoms with Gasteiger partial charge in [-0.1, -0.05) is 48.5 Å². The second kappa shape index (κ2) is 7.97. The van der Waals surface area contributed by atoms with Crippen LogP contribution in [0.3, 0.4) is 0 Å². The lowest BCUT2D eigenvalue weighted by molar-refractivity contribution is -0.158. The van der Waals surface area contributed by atoms with Crippen LogP contribution in [0.4, 0.5) is 4.79 Å². The highest BCUT2D eigenvalue weighted by Gasteiger charge is 2.56. The normalized spacial score (nSPS) is 16.0. The van der Waals surface area contributed by atoms with E-state index in [1.165, 1.54) is 18.7 Å². The molecule has 7 heteroatoms. The van der Waals surface area contributed by atoms with E-state index in [1.807, 2.05) is 36.4 Å². The Morgan fingerprint density at radius 2 is 1.59 bits per heavy atom. The summed E-state index contributed by atoms with van der Waals surface area (Å²) in [5, 5.41) is 12.2. The molecule has 2 N–H and O–H groups in total. The van der Waals surface area contributed by atoms with Crippen molar-refractivity contribution >= 4 is 18.0 Å². The molecule has 32 heavy (non-hydrogen) atoms. The van der Waals surface area contributed by atoms with Crippen LogP contribution in [0.5, 0.6) is 0 Å². The van der Waals surface area contributed by atoms with Crippen molar-refractivity contribution in [3.63, 3.8) is 0 Å². The second-order valence-corrected chi connectivity index (χ2v) is 8.95. The number of carbonyl (C=O) groups excluding carboxylic acids is 2. The van der Waals surface area contributed by atoms with Crippen LogP contribution >= 0.6 is 0 Å². The highest BCUT2D eigenvalue weighted by atomic mass is 16.5. The van der Waals surface area contributed by atoms with Gasteiger partial charge in [-0.25, -0.2) is 9.59 Å². The third-order valence-electron chi connectivity index (χ3n) is 6.60. The topological polar surface area (TPSA) is 95.9 Å². The zero-order valence-corrected chi connectivity index (χ0v) is 18.6. The van der Waals surface area contributed by atoms with Crippen molar-refractivity contribution in [2.75, 3.05) is 13.2 Å². The van der Waals surface area contributed by atoms with Crippen molar-refractivity contribution in [2.45, 2.75) is 50.6 Å². The Kier molecular flexibility index (Phi) is 5.44. The van der Waals surface area contributed by atoms with Crippen LogP contribution in [-0.4, -0.2) is 52.2 Å². The number of ether oxygens (including phenoxy) is 1. The van der Waals surface area contributed by atoms with E-state index >= 15 is 0 Å². The molecule has 2 aromatic rings. The van der Waals surface area contributed by atoms with Crippen LogP contribution in [0.2, 0.25) is 0 Å². The Labute approximate surface area is 187 Å². The van der Waals surface area contributed by atoms with Gasteiger partial charge in [0.15, 0.2) is 0 Å². The van der Waals surface area contributed by atoms with Crippen LogP contribution in [-0.2, 0) is 14.3 Å². The second-order valence-electron chi connectivity index (χ2n) is 8.95. The molecule has 2 aliphatic rings. The van der Waals surface area contributed by atoms with Gasteiger partial charge in [0, 0.05) is 12.5 Å². The Balaban J connectivity index is 1.45. The van der Waals surface area contributed by atoms with E-state index in [0.29, 0.717) is 12.8 Å². The van der Waals surface area contributed by atoms with Gasteiger partial charge in [0.2, 0.25) is 5.91 Å². The number of nitrogens with zero attached hydrogens (tertiary/aromatic N) is 1. The monoisotopic (exact) mass is 436 g/mol. The van der Waals surface area contributed by atoms with Crippen LogP contribution in [0.1, 0.15) is 50.7 Å². The summed E-state index contributed by atoms with van der Waals surface area (Å²) in [6.45, 7) is 5.08. The van der Waals surface area contributed by atoms with E-state index in [1.54, 1.807) is 6.92 Å². The fourth-order valence-corrected chi connectivity index (χ4v) is 4.51. The number of amides is 2. The average molecular weight is 437 g/mol. The number of carbonyl (C=O) groups is 3. The fraction of sp³-hybridized carbons (Fsp3) is 0.400. The first-order valence-corrected chi connectivity index (χ1v) is 10.9. The third-order valence-corrected chi connectivity index (χ3v) is 6.60. The van der Waals surface area contributed by atoms with Gasteiger partial charge in [-0.3, -0.25) is 4.79 Å². The van der Waals surface area contributed by atoms with Crippen LogP contribution < -0.4 is 5.32 Å². The minimum Gasteiger partial charge on any atom is -0.480 e. The summed E-state index contributed by atoms with van der Waals surface area (Å²) in [6.07, 6.45) is 0.256. The predicted octanol–water partition coefficient (Wildman–Crippen LogP) is 3.77. The lowest BCUT2D eigenvalue weighted by atomic mass is 9.98. The molecule has 4 rings (SSSR count). The van der Waals surface area contributed by atoms with Gasteiger partial charge in [-0.15, -0.1) is 0 Å². The molecule has 0 aliphatic heterocycles. The van der Waals surface area contributed by atoms with Gasteiger partial charge in [0.25, 0.3) is 0 Å². The van der Waals surface area contributed by atoms with Gasteiger partial charge in [-0.05, 0) is 55.9 Å². The molecular formula is C25H28N2O5. The number of rotatable bonds is 7. The molecule has 0 radical (unpaired) electrons. The number of carboxylic acid groups (broad SMARTS) is 1. The first-order chi connectivity index (χ1) is 15.2. The minimum absolute atomic E-state index is 0.0721. The number of hydrogen-bond acceptors (Lipinski definition) is 4. The van der Waals surface area contributed by atoms with E-state index in [0.717, 1.165) is 22.3 Å². The van der Waals surface area contributed by atoms with Crippen molar-refractivity contribution in [1.29, 1.82) is 0 Å². The lowest BCUT2D eigenvalue weighted by Gasteiger charge is -2.36. The Hall–Kier alpha value is -3.35. The molecule has 0 atom stereocenters. The van der Waals surface area contributed by atoms with Crippen LogP contribution in [0, 0.1) is 0 Å². The number of aliphatic carboxylic acids is 1. The largest absolute Gasteiger partial charge is 0.480 e. The van der Waals surface area contributed by atoms with Gasteiger partial charge in [0.1, 0.15) is 17.7 Å². The molecule has 0 heterocycles. The van der Waals surface area contributed by atoms with Crippen LogP contribution in [0.15, 0.2) is 48.5 Å². The molecule has 7 nitrogen and oxygen atoms in total. The molecule has 168 valence electrons. The molecule has 0 bridgehead atoms. The summed E-state index contributed by atoms with van der Waals surface area (Å²) < 4.78 is 5.58. The molecule has 2 aliphatic carbocycles. The van der Waals surface area contributed by atoms with Crippen LogP contribution in [0.25, 0.3) is 11.1 Å². The summed E-state index contributed by atoms with van der Waals surface area (Å²) in [6, 6.07) is 16.1. The van der Waals surface area contributed by atoms with Crippen molar-refractivity contribution in [3.8, 4) is 11.1 Å². The number of benzene rings is 2. The van der Waals surface area contributed by atoms with E-state index in [-0.39, 0.29) is 25.0 Å². The van der Waals surface area contributed by atoms with E-state index in [9.17, 15) is 19.5 Å². The van der Waals surface area contributed by atoms with Gasteiger partial charge >= 0.3 is 12.1 Å². The van der Waals surface area contributed by atoms with Crippen molar-refractivity contribution < 1.29 is 24.2 Å². The average Bonchev–Trinajstić information content (AvgIpc) is 3.48. The fourth-order valence-electron chi connectivity index (χ4n) is 4.51. The predicted molar refractivity (Wildman–Crippen MR) is 119 cm³/mol. The highest BCUT2D eigenvalue weighted by Crippen LogP contribution is 2.44. The molecule has 1 saturated carbocycles. The standard InChI is InChI=1S/C25H28N2O5/c1-4-27(24(2,3)22(29)30)21(28)25(13-14-25)26-23(31)32-15-20-18-11-7-5-9-16(18)17-10-6-8-12-19(17)20/h5-12,20H,4,13-15H2,1-3H3,(H,26,31)(H,29,30). The maximum absolute atomic E-state index is 13.1. The highest BCUT2D eigenvalue weighted by molar-refractivity contribution is 5.96. The number of hydrogen-bond donors (Lipinski definition) is 2. The molecular weight excluding hydrogens is 408 g/mol. The summed E-state index contributed by atoms with van der Waals surface area (Å²) in [5.74, 6) is -1.55. The zero-order valence-electron chi connectivity index (χ0n) is 18.6. The third kappa shape index (κ3) is 3.61. The maximum Gasteiger partial charge on any atom is 0.408 e. The van der Waals surface area contributed by atoms with Gasteiger partial charge in [0.05, 0.1) is 0 Å². The molecule has 0 unspecified atom stereocenters. The summed E-state index contributed by atoms with van der Waals surface area (Å²) >= 11 is 0. The number of fused-ring (bicyclic) bond motifs is 3. The van der Waals surface area contributed by atoms with Gasteiger partial charge in [-0.2, -0.15) is 0 Å². The smallest absolute Gasteiger partial charge is 0.408 e. The van der Waals surface area contributed by atoms with Crippen molar-refractivity contribution in [3.05, 3.63) is 59.7 Å². The number of alkyl carbamates (subject to hydrolysis) is 1. The van der Waals surface area contributed by atoms with E-state index in [4.69, 9.17) is 4.74 Å². The summed E-state index contributed by atoms with van der Waals surface area (Å²) in [7, 11) is 0. The first kappa shape index (κ1) is 21.9. The lowest BCUT2D eigenvalue weighted by Crippen LogP contribution is -2.59. The first-order valence-electron chi connectivity index (χ1n) is 10.9. The van der Waals surface area contributed by atoms with E-state index in [2.05, 4.69) is 17.4 Å². The van der Waals surface area contributed by atoms with E-state index < -0.39 is 23.1 Å². The molecule has 2 aromatic carbocycles. The molecule has 1 fully saturated rings.